The third-order valence-electron chi connectivity index (χ3n) is 4.52. The van der Waals surface area contributed by atoms with Crippen molar-refractivity contribution in [3.8, 4) is 0 Å². The molecule has 1 fully saturated rings. The van der Waals surface area contributed by atoms with Gasteiger partial charge in [0.15, 0.2) is 0 Å². The lowest BCUT2D eigenvalue weighted by Crippen LogP contribution is -2.48. The first-order valence-corrected chi connectivity index (χ1v) is 8.13. The molecule has 0 radical (unpaired) electrons. The van der Waals surface area contributed by atoms with Crippen LogP contribution in [0.15, 0.2) is 34.9 Å². The van der Waals surface area contributed by atoms with Crippen LogP contribution in [0.2, 0.25) is 0 Å². The number of nitrogens with one attached hydrogen (secondary N) is 1. The number of piperazine rings is 1. The van der Waals surface area contributed by atoms with Crippen LogP contribution in [0.1, 0.15) is 35.0 Å². The second-order valence-corrected chi connectivity index (χ2v) is 6.02. The Kier molecular flexibility index (Phi) is 4.76. The summed E-state index contributed by atoms with van der Waals surface area (Å²) in [5.41, 5.74) is 3.13. The summed E-state index contributed by atoms with van der Waals surface area (Å²) in [6, 6.07) is 10.3. The standard InChI is InChI=1S/C18H23N3O2/c1-13-16(14(2)23-20-13)8-9-18(22)21-11-10-19-12-17(21)15-6-4-3-5-7-15/h3-7,17,19H,8-12H2,1-2H3. The van der Waals surface area contributed by atoms with Crippen LogP contribution in [-0.4, -0.2) is 35.6 Å². The van der Waals surface area contributed by atoms with Gasteiger partial charge in [-0.3, -0.25) is 4.79 Å². The number of carbonyl (C=O) groups excluding carboxylic acids is 1. The summed E-state index contributed by atoms with van der Waals surface area (Å²) in [5, 5.41) is 7.35. The number of benzene rings is 1. The van der Waals surface area contributed by atoms with E-state index in [0.29, 0.717) is 12.8 Å². The second kappa shape index (κ2) is 6.96. The van der Waals surface area contributed by atoms with Gasteiger partial charge < -0.3 is 14.7 Å². The lowest BCUT2D eigenvalue weighted by atomic mass is 10.0. The smallest absolute Gasteiger partial charge is 0.223 e. The zero-order valence-corrected chi connectivity index (χ0v) is 13.7. The van der Waals surface area contributed by atoms with E-state index in [1.54, 1.807) is 0 Å². The fourth-order valence-corrected chi connectivity index (χ4v) is 3.21. The van der Waals surface area contributed by atoms with E-state index in [4.69, 9.17) is 4.52 Å². The van der Waals surface area contributed by atoms with Gasteiger partial charge in [-0.15, -0.1) is 0 Å². The molecule has 0 aliphatic carbocycles. The van der Waals surface area contributed by atoms with E-state index >= 15 is 0 Å². The van der Waals surface area contributed by atoms with Crippen molar-refractivity contribution in [1.82, 2.24) is 15.4 Å². The van der Waals surface area contributed by atoms with Gasteiger partial charge in [0.2, 0.25) is 5.91 Å². The summed E-state index contributed by atoms with van der Waals surface area (Å²) in [7, 11) is 0. The Balaban J connectivity index is 1.69. The lowest BCUT2D eigenvalue weighted by molar-refractivity contribution is -0.134. The minimum atomic E-state index is 0.113. The monoisotopic (exact) mass is 313 g/mol. The van der Waals surface area contributed by atoms with Gasteiger partial charge in [-0.2, -0.15) is 0 Å². The number of nitrogens with zero attached hydrogens (tertiary/aromatic N) is 2. The van der Waals surface area contributed by atoms with Crippen LogP contribution >= 0.6 is 0 Å². The summed E-state index contributed by atoms with van der Waals surface area (Å²) in [5.74, 6) is 1.01. The Morgan fingerprint density at radius 3 is 2.83 bits per heavy atom. The van der Waals surface area contributed by atoms with Crippen LogP contribution in [0.5, 0.6) is 0 Å². The Morgan fingerprint density at radius 2 is 2.13 bits per heavy atom. The highest BCUT2D eigenvalue weighted by Gasteiger charge is 2.27. The molecule has 1 aromatic carbocycles. The minimum absolute atomic E-state index is 0.113. The summed E-state index contributed by atoms with van der Waals surface area (Å²) in [4.78, 5) is 14.8. The van der Waals surface area contributed by atoms with Gasteiger partial charge in [-0.05, 0) is 25.8 Å². The maximum Gasteiger partial charge on any atom is 0.223 e. The Labute approximate surface area is 136 Å². The molecule has 1 saturated heterocycles. The van der Waals surface area contributed by atoms with Gasteiger partial charge in [-0.25, -0.2) is 0 Å². The molecule has 0 bridgehead atoms. The predicted octanol–water partition coefficient (Wildman–Crippen LogP) is 2.40. The highest BCUT2D eigenvalue weighted by atomic mass is 16.5. The van der Waals surface area contributed by atoms with E-state index in [1.807, 2.05) is 36.9 Å². The molecular weight excluding hydrogens is 290 g/mol. The average Bonchev–Trinajstić information content (AvgIpc) is 2.92. The van der Waals surface area contributed by atoms with Crippen molar-refractivity contribution in [2.75, 3.05) is 19.6 Å². The van der Waals surface area contributed by atoms with Gasteiger partial charge in [0, 0.05) is 31.6 Å². The van der Waals surface area contributed by atoms with E-state index in [1.165, 1.54) is 5.56 Å². The van der Waals surface area contributed by atoms with Crippen molar-refractivity contribution in [1.29, 1.82) is 0 Å². The fourth-order valence-electron chi connectivity index (χ4n) is 3.21. The van der Waals surface area contributed by atoms with Crippen LogP contribution in [0.25, 0.3) is 0 Å². The summed E-state index contributed by atoms with van der Waals surface area (Å²) < 4.78 is 5.18. The normalized spacial score (nSPS) is 18.2. The molecule has 2 heterocycles. The molecule has 1 amide bonds. The highest BCUT2D eigenvalue weighted by molar-refractivity contribution is 5.77. The molecule has 0 spiro atoms. The average molecular weight is 313 g/mol. The molecule has 1 atom stereocenters. The number of aromatic nitrogens is 1. The zero-order valence-electron chi connectivity index (χ0n) is 13.7. The molecule has 5 nitrogen and oxygen atoms in total. The van der Waals surface area contributed by atoms with Crippen molar-refractivity contribution >= 4 is 5.91 Å². The number of aryl methyl sites for hydroxylation is 2. The van der Waals surface area contributed by atoms with Gasteiger partial charge in [0.1, 0.15) is 5.76 Å². The lowest BCUT2D eigenvalue weighted by Gasteiger charge is -2.36. The number of rotatable bonds is 4. The van der Waals surface area contributed by atoms with Gasteiger partial charge >= 0.3 is 0 Å². The first-order valence-electron chi connectivity index (χ1n) is 8.13. The minimum Gasteiger partial charge on any atom is -0.361 e. The quantitative estimate of drug-likeness (QED) is 0.941. The van der Waals surface area contributed by atoms with Crippen LogP contribution in [0.4, 0.5) is 0 Å². The van der Waals surface area contributed by atoms with E-state index < -0.39 is 0 Å². The van der Waals surface area contributed by atoms with Crippen molar-refractivity contribution in [2.45, 2.75) is 32.7 Å². The topological polar surface area (TPSA) is 58.4 Å². The molecule has 23 heavy (non-hydrogen) atoms. The fraction of sp³-hybridized carbons (Fsp3) is 0.444. The van der Waals surface area contributed by atoms with Crippen LogP contribution < -0.4 is 5.32 Å². The van der Waals surface area contributed by atoms with E-state index in [9.17, 15) is 4.79 Å². The largest absolute Gasteiger partial charge is 0.361 e. The maximum atomic E-state index is 12.7. The van der Waals surface area contributed by atoms with E-state index in [-0.39, 0.29) is 11.9 Å². The zero-order chi connectivity index (χ0) is 16.2. The predicted molar refractivity (Wildman–Crippen MR) is 88.1 cm³/mol. The van der Waals surface area contributed by atoms with E-state index in [2.05, 4.69) is 22.6 Å². The molecule has 1 aromatic heterocycles. The molecule has 0 saturated carbocycles. The first-order chi connectivity index (χ1) is 11.2. The number of hydrogen-bond acceptors (Lipinski definition) is 4. The van der Waals surface area contributed by atoms with Crippen molar-refractivity contribution < 1.29 is 9.32 Å². The number of hydrogen-bond donors (Lipinski definition) is 1. The summed E-state index contributed by atoms with van der Waals surface area (Å²) >= 11 is 0. The van der Waals surface area contributed by atoms with Crippen LogP contribution in [0, 0.1) is 13.8 Å². The molecule has 3 rings (SSSR count). The summed E-state index contributed by atoms with van der Waals surface area (Å²) in [6.45, 7) is 6.23. The molecule has 2 aromatic rings. The van der Waals surface area contributed by atoms with Crippen molar-refractivity contribution in [3.05, 3.63) is 52.9 Å². The van der Waals surface area contributed by atoms with Gasteiger partial charge in [-0.1, -0.05) is 35.5 Å². The van der Waals surface area contributed by atoms with Crippen molar-refractivity contribution in [2.24, 2.45) is 0 Å². The molecule has 1 N–H and O–H groups in total. The van der Waals surface area contributed by atoms with Crippen LogP contribution in [-0.2, 0) is 11.2 Å². The first kappa shape index (κ1) is 15.7. The Bertz CT molecular complexity index is 647. The number of carbonyl (C=O) groups is 1. The molecule has 1 aliphatic rings. The highest BCUT2D eigenvalue weighted by Crippen LogP contribution is 2.23. The molecule has 5 heteroatoms. The van der Waals surface area contributed by atoms with Crippen LogP contribution in [0.3, 0.4) is 0 Å². The van der Waals surface area contributed by atoms with E-state index in [0.717, 1.165) is 36.7 Å². The Morgan fingerprint density at radius 1 is 1.35 bits per heavy atom. The SMILES string of the molecule is Cc1noc(C)c1CCC(=O)N1CCNCC1c1ccccc1. The maximum absolute atomic E-state index is 12.7. The summed E-state index contributed by atoms with van der Waals surface area (Å²) in [6.07, 6.45) is 1.18. The number of amides is 1. The molecular formula is C18H23N3O2. The third-order valence-corrected chi connectivity index (χ3v) is 4.52. The molecule has 122 valence electrons. The third kappa shape index (κ3) is 3.45. The second-order valence-electron chi connectivity index (χ2n) is 6.02. The van der Waals surface area contributed by atoms with Gasteiger partial charge in [0.25, 0.3) is 0 Å². The molecule has 1 aliphatic heterocycles. The van der Waals surface area contributed by atoms with Gasteiger partial charge in [0.05, 0.1) is 11.7 Å². The van der Waals surface area contributed by atoms with Crippen molar-refractivity contribution in [3.63, 3.8) is 0 Å². The Hall–Kier alpha value is -2.14. The molecule has 1 unspecified atom stereocenters.